The molecule has 0 radical (unpaired) electrons. The third kappa shape index (κ3) is 2.25. The van der Waals surface area contributed by atoms with Crippen LogP contribution in [-0.4, -0.2) is 11.0 Å². The predicted octanol–water partition coefficient (Wildman–Crippen LogP) is 1.72. The van der Waals surface area contributed by atoms with Gasteiger partial charge in [0.25, 0.3) is 0 Å². The standard InChI is InChI=1S/C10H13FN2/c1-7-2-10(7)13-5-8-3-9(11)6-12-4-8/h3-4,6-7,10,13H,2,5H2,1H3. The van der Waals surface area contributed by atoms with Gasteiger partial charge in [-0.05, 0) is 24.0 Å². The van der Waals surface area contributed by atoms with Crippen molar-refractivity contribution in [2.45, 2.75) is 25.9 Å². The molecule has 1 saturated carbocycles. The van der Waals surface area contributed by atoms with E-state index in [1.165, 1.54) is 18.7 Å². The van der Waals surface area contributed by atoms with Crippen LogP contribution < -0.4 is 5.32 Å². The summed E-state index contributed by atoms with van der Waals surface area (Å²) in [5.41, 5.74) is 0.916. The average molecular weight is 180 g/mol. The molecule has 2 nitrogen and oxygen atoms in total. The first-order chi connectivity index (χ1) is 6.25. The fourth-order valence-electron chi connectivity index (χ4n) is 1.41. The summed E-state index contributed by atoms with van der Waals surface area (Å²) in [6.45, 7) is 2.93. The summed E-state index contributed by atoms with van der Waals surface area (Å²) in [6, 6.07) is 2.15. The zero-order chi connectivity index (χ0) is 9.26. The summed E-state index contributed by atoms with van der Waals surface area (Å²) in [5, 5.41) is 3.34. The molecular formula is C10H13FN2. The maximum atomic E-state index is 12.7. The van der Waals surface area contributed by atoms with E-state index in [9.17, 15) is 4.39 Å². The summed E-state index contributed by atoms with van der Waals surface area (Å²) in [6.07, 6.45) is 4.16. The highest BCUT2D eigenvalue weighted by atomic mass is 19.1. The fraction of sp³-hybridized carbons (Fsp3) is 0.500. The van der Waals surface area contributed by atoms with Crippen LogP contribution in [0.5, 0.6) is 0 Å². The molecule has 0 spiro atoms. The molecule has 0 aliphatic heterocycles. The van der Waals surface area contributed by atoms with Gasteiger partial charge in [-0.15, -0.1) is 0 Å². The van der Waals surface area contributed by atoms with Crippen molar-refractivity contribution in [3.63, 3.8) is 0 Å². The molecule has 2 rings (SSSR count). The van der Waals surface area contributed by atoms with Gasteiger partial charge in [0.15, 0.2) is 0 Å². The molecular weight excluding hydrogens is 167 g/mol. The number of nitrogens with one attached hydrogen (secondary N) is 1. The van der Waals surface area contributed by atoms with E-state index in [0.717, 1.165) is 18.0 Å². The largest absolute Gasteiger partial charge is 0.310 e. The predicted molar refractivity (Wildman–Crippen MR) is 48.6 cm³/mol. The third-order valence-electron chi connectivity index (χ3n) is 2.44. The molecule has 70 valence electrons. The van der Waals surface area contributed by atoms with Crippen molar-refractivity contribution >= 4 is 0 Å². The van der Waals surface area contributed by atoms with Crippen LogP contribution in [0.4, 0.5) is 4.39 Å². The van der Waals surface area contributed by atoms with Crippen molar-refractivity contribution in [3.05, 3.63) is 29.8 Å². The molecule has 1 N–H and O–H groups in total. The van der Waals surface area contributed by atoms with Crippen LogP contribution in [0.2, 0.25) is 0 Å². The first-order valence-corrected chi connectivity index (χ1v) is 4.58. The zero-order valence-electron chi connectivity index (χ0n) is 7.63. The molecule has 3 heteroatoms. The lowest BCUT2D eigenvalue weighted by Gasteiger charge is -2.02. The minimum atomic E-state index is -0.261. The van der Waals surface area contributed by atoms with E-state index in [1.54, 1.807) is 6.20 Å². The van der Waals surface area contributed by atoms with E-state index in [-0.39, 0.29) is 5.82 Å². The number of hydrogen-bond acceptors (Lipinski definition) is 2. The number of nitrogens with zero attached hydrogens (tertiary/aromatic N) is 1. The lowest BCUT2D eigenvalue weighted by Crippen LogP contribution is -2.17. The van der Waals surface area contributed by atoms with E-state index in [1.807, 2.05) is 0 Å². The summed E-state index contributed by atoms with van der Waals surface area (Å²) in [4.78, 5) is 3.79. The molecule has 1 fully saturated rings. The molecule has 1 aromatic heterocycles. The van der Waals surface area contributed by atoms with Gasteiger partial charge >= 0.3 is 0 Å². The Hall–Kier alpha value is -0.960. The number of halogens is 1. The van der Waals surface area contributed by atoms with Gasteiger partial charge in [0, 0.05) is 18.8 Å². The summed E-state index contributed by atoms with van der Waals surface area (Å²) >= 11 is 0. The van der Waals surface area contributed by atoms with Gasteiger partial charge < -0.3 is 5.32 Å². The lowest BCUT2D eigenvalue weighted by atomic mass is 10.3. The van der Waals surface area contributed by atoms with Gasteiger partial charge in [-0.2, -0.15) is 0 Å². The van der Waals surface area contributed by atoms with Crippen molar-refractivity contribution < 1.29 is 4.39 Å². The SMILES string of the molecule is CC1CC1NCc1cncc(F)c1. The van der Waals surface area contributed by atoms with E-state index < -0.39 is 0 Å². The van der Waals surface area contributed by atoms with Crippen LogP contribution in [0.25, 0.3) is 0 Å². The molecule has 13 heavy (non-hydrogen) atoms. The second kappa shape index (κ2) is 3.42. The molecule has 1 aromatic rings. The Labute approximate surface area is 77.2 Å². The Morgan fingerprint density at radius 3 is 3.00 bits per heavy atom. The number of pyridine rings is 1. The van der Waals surface area contributed by atoms with Crippen LogP contribution >= 0.6 is 0 Å². The Morgan fingerprint density at radius 2 is 2.38 bits per heavy atom. The van der Waals surface area contributed by atoms with Gasteiger partial charge in [-0.1, -0.05) is 6.92 Å². The smallest absolute Gasteiger partial charge is 0.141 e. The maximum absolute atomic E-state index is 12.7. The number of rotatable bonds is 3. The second-order valence-electron chi connectivity index (χ2n) is 3.71. The van der Waals surface area contributed by atoms with Crippen molar-refractivity contribution in [1.82, 2.24) is 10.3 Å². The summed E-state index contributed by atoms with van der Waals surface area (Å²) < 4.78 is 12.7. The van der Waals surface area contributed by atoms with E-state index in [2.05, 4.69) is 17.2 Å². The van der Waals surface area contributed by atoms with Crippen molar-refractivity contribution in [3.8, 4) is 0 Å². The van der Waals surface area contributed by atoms with Gasteiger partial charge in [0.2, 0.25) is 0 Å². The summed E-state index contributed by atoms with van der Waals surface area (Å²) in [7, 11) is 0. The fourth-order valence-corrected chi connectivity index (χ4v) is 1.41. The normalized spacial score (nSPS) is 26.0. The van der Waals surface area contributed by atoms with Crippen LogP contribution in [0, 0.1) is 11.7 Å². The Balaban J connectivity index is 1.87. The van der Waals surface area contributed by atoms with Crippen molar-refractivity contribution in [1.29, 1.82) is 0 Å². The van der Waals surface area contributed by atoms with Crippen LogP contribution in [0.1, 0.15) is 18.9 Å². The van der Waals surface area contributed by atoms with Crippen LogP contribution in [-0.2, 0) is 6.54 Å². The Morgan fingerprint density at radius 1 is 1.62 bits per heavy atom. The second-order valence-corrected chi connectivity index (χ2v) is 3.71. The van der Waals surface area contributed by atoms with Gasteiger partial charge in [0.1, 0.15) is 5.82 Å². The number of aromatic nitrogens is 1. The van der Waals surface area contributed by atoms with E-state index >= 15 is 0 Å². The molecule has 2 atom stereocenters. The highest BCUT2D eigenvalue weighted by Gasteiger charge is 2.31. The molecule has 0 aromatic carbocycles. The average Bonchev–Trinajstić information content (AvgIpc) is 2.79. The Bertz CT molecular complexity index is 301. The highest BCUT2D eigenvalue weighted by Crippen LogP contribution is 2.29. The monoisotopic (exact) mass is 180 g/mol. The first kappa shape index (κ1) is 8.63. The molecule has 0 saturated heterocycles. The minimum Gasteiger partial charge on any atom is -0.310 e. The molecule has 0 amide bonds. The molecule has 0 bridgehead atoms. The topological polar surface area (TPSA) is 24.9 Å². The summed E-state index contributed by atoms with van der Waals surface area (Å²) in [5.74, 6) is 0.518. The molecule has 2 unspecified atom stereocenters. The minimum absolute atomic E-state index is 0.261. The van der Waals surface area contributed by atoms with Gasteiger partial charge in [-0.25, -0.2) is 4.39 Å². The first-order valence-electron chi connectivity index (χ1n) is 4.58. The van der Waals surface area contributed by atoms with Crippen LogP contribution in [0.15, 0.2) is 18.5 Å². The number of hydrogen-bond donors (Lipinski definition) is 1. The third-order valence-corrected chi connectivity index (χ3v) is 2.44. The Kier molecular flexibility index (Phi) is 2.27. The molecule has 1 heterocycles. The van der Waals surface area contributed by atoms with Gasteiger partial charge in [0.05, 0.1) is 6.20 Å². The van der Waals surface area contributed by atoms with E-state index in [0.29, 0.717) is 6.04 Å². The maximum Gasteiger partial charge on any atom is 0.141 e. The van der Waals surface area contributed by atoms with Crippen molar-refractivity contribution in [2.24, 2.45) is 5.92 Å². The van der Waals surface area contributed by atoms with E-state index in [4.69, 9.17) is 0 Å². The molecule has 1 aliphatic carbocycles. The lowest BCUT2D eigenvalue weighted by molar-refractivity contribution is 0.608. The van der Waals surface area contributed by atoms with Crippen molar-refractivity contribution in [2.75, 3.05) is 0 Å². The molecule has 1 aliphatic rings. The zero-order valence-corrected chi connectivity index (χ0v) is 7.63. The quantitative estimate of drug-likeness (QED) is 0.766. The highest BCUT2D eigenvalue weighted by molar-refractivity contribution is 5.10. The van der Waals surface area contributed by atoms with Gasteiger partial charge in [-0.3, -0.25) is 4.98 Å². The van der Waals surface area contributed by atoms with Crippen LogP contribution in [0.3, 0.4) is 0 Å².